The third-order valence-electron chi connectivity index (χ3n) is 3.25. The van der Waals surface area contributed by atoms with Crippen molar-refractivity contribution in [2.24, 2.45) is 0 Å². The van der Waals surface area contributed by atoms with E-state index in [2.05, 4.69) is 9.59 Å². The number of Topliss-reactive ketones (excluding diaryl/α,β-unsaturated/α-hetero) is 1. The van der Waals surface area contributed by atoms with Crippen LogP contribution in [0.2, 0.25) is 0 Å². The fraction of sp³-hybridized carbons (Fsp3) is 0.231. The predicted octanol–water partition coefficient (Wildman–Crippen LogP) is 2.35. The molecule has 1 N–H and O–H groups in total. The van der Waals surface area contributed by atoms with E-state index in [-0.39, 0.29) is 11.5 Å². The molecule has 0 spiro atoms. The number of carbonyl (C=O) groups is 2. The molecule has 0 aliphatic heterocycles. The van der Waals surface area contributed by atoms with Gasteiger partial charge in [0.05, 0.1) is 11.3 Å². The lowest BCUT2D eigenvalue weighted by molar-refractivity contribution is 0.0659. The molecular weight excluding hydrogens is 280 g/mol. The number of hydrogen-bond donors (Lipinski definition) is 1. The highest BCUT2D eigenvalue weighted by Crippen LogP contribution is 2.32. The van der Waals surface area contributed by atoms with Crippen LogP contribution in [0.4, 0.5) is 0 Å². The number of nitrogens with zero attached hydrogens (tertiary/aromatic N) is 2. The van der Waals surface area contributed by atoms with Gasteiger partial charge in [0.1, 0.15) is 5.76 Å². The second-order valence-electron chi connectivity index (χ2n) is 4.49. The molecule has 1 aliphatic rings. The number of fused-ring (bicyclic) bond motifs is 1. The standard InChI is InChI=1S/C13H10N2O4S/c1-6-10-9(19-12(6)13(17)18)3-2-7(11(10)16)4-8-5-20-15-14-8/h4-5H,2-3H2,1H3,(H,17,18). The van der Waals surface area contributed by atoms with E-state index in [1.807, 2.05) is 0 Å². The van der Waals surface area contributed by atoms with Gasteiger partial charge in [-0.3, -0.25) is 4.79 Å². The Labute approximate surface area is 117 Å². The Balaban J connectivity index is 2.05. The summed E-state index contributed by atoms with van der Waals surface area (Å²) in [5.74, 6) is -1.04. The van der Waals surface area contributed by atoms with Crippen LogP contribution < -0.4 is 0 Å². The maximum absolute atomic E-state index is 12.4. The van der Waals surface area contributed by atoms with Crippen molar-refractivity contribution in [1.82, 2.24) is 9.59 Å². The van der Waals surface area contributed by atoms with Gasteiger partial charge >= 0.3 is 5.97 Å². The molecule has 0 aromatic carbocycles. The van der Waals surface area contributed by atoms with Crippen LogP contribution in [0.3, 0.4) is 0 Å². The lowest BCUT2D eigenvalue weighted by Gasteiger charge is -2.12. The molecule has 20 heavy (non-hydrogen) atoms. The van der Waals surface area contributed by atoms with Gasteiger partial charge in [0, 0.05) is 22.9 Å². The van der Waals surface area contributed by atoms with E-state index < -0.39 is 5.97 Å². The zero-order valence-corrected chi connectivity index (χ0v) is 11.4. The van der Waals surface area contributed by atoms with E-state index in [0.717, 1.165) is 0 Å². The third-order valence-corrected chi connectivity index (χ3v) is 3.78. The van der Waals surface area contributed by atoms with Gasteiger partial charge in [-0.15, -0.1) is 5.10 Å². The van der Waals surface area contributed by atoms with Gasteiger partial charge < -0.3 is 9.52 Å². The molecule has 0 bridgehead atoms. The van der Waals surface area contributed by atoms with Crippen molar-refractivity contribution in [1.29, 1.82) is 0 Å². The van der Waals surface area contributed by atoms with Crippen molar-refractivity contribution >= 4 is 29.4 Å². The summed E-state index contributed by atoms with van der Waals surface area (Å²) in [5, 5.41) is 14.7. The summed E-state index contributed by atoms with van der Waals surface area (Å²) in [7, 11) is 0. The topological polar surface area (TPSA) is 93.3 Å². The fourth-order valence-corrected chi connectivity index (χ4v) is 2.74. The average molecular weight is 290 g/mol. The summed E-state index contributed by atoms with van der Waals surface area (Å²) < 4.78 is 9.02. The number of ketones is 1. The summed E-state index contributed by atoms with van der Waals surface area (Å²) in [4.78, 5) is 23.5. The summed E-state index contributed by atoms with van der Waals surface area (Å²) in [5.41, 5.74) is 2.01. The van der Waals surface area contributed by atoms with Crippen LogP contribution in [0, 0.1) is 6.92 Å². The minimum Gasteiger partial charge on any atom is -0.475 e. The Morgan fingerprint density at radius 1 is 1.50 bits per heavy atom. The zero-order valence-electron chi connectivity index (χ0n) is 10.5. The summed E-state index contributed by atoms with van der Waals surface area (Å²) >= 11 is 1.21. The zero-order chi connectivity index (χ0) is 14.3. The van der Waals surface area contributed by atoms with Crippen LogP contribution in [0.15, 0.2) is 15.4 Å². The van der Waals surface area contributed by atoms with Gasteiger partial charge in [-0.05, 0) is 31.0 Å². The Morgan fingerprint density at radius 3 is 2.95 bits per heavy atom. The molecule has 0 amide bonds. The van der Waals surface area contributed by atoms with E-state index in [1.54, 1.807) is 18.4 Å². The van der Waals surface area contributed by atoms with Crippen molar-refractivity contribution in [3.63, 3.8) is 0 Å². The van der Waals surface area contributed by atoms with Crippen molar-refractivity contribution in [2.45, 2.75) is 19.8 Å². The first kappa shape index (κ1) is 12.7. The SMILES string of the molecule is Cc1c(C(=O)O)oc2c1C(=O)C(=Cc1csnn1)CC2. The first-order valence-corrected chi connectivity index (χ1v) is 6.79. The van der Waals surface area contributed by atoms with Gasteiger partial charge in [-0.1, -0.05) is 4.49 Å². The molecule has 6 nitrogen and oxygen atoms in total. The van der Waals surface area contributed by atoms with E-state index >= 15 is 0 Å². The molecule has 0 saturated heterocycles. The molecule has 2 heterocycles. The maximum Gasteiger partial charge on any atom is 0.372 e. The summed E-state index contributed by atoms with van der Waals surface area (Å²) in [6.07, 6.45) is 2.72. The normalized spacial score (nSPS) is 16.4. The van der Waals surface area contributed by atoms with Gasteiger partial charge in [-0.25, -0.2) is 4.79 Å². The second kappa shape index (κ2) is 4.68. The monoisotopic (exact) mass is 290 g/mol. The number of aryl methyl sites for hydroxylation is 1. The summed E-state index contributed by atoms with van der Waals surface area (Å²) in [6.45, 7) is 1.59. The molecule has 0 atom stereocenters. The number of allylic oxidation sites excluding steroid dienone is 1. The minimum absolute atomic E-state index is 0.153. The van der Waals surface area contributed by atoms with Crippen molar-refractivity contribution in [2.75, 3.05) is 0 Å². The minimum atomic E-state index is -1.15. The van der Waals surface area contributed by atoms with Gasteiger partial charge in [-0.2, -0.15) is 0 Å². The number of carboxylic acids is 1. The highest BCUT2D eigenvalue weighted by molar-refractivity contribution is 7.03. The molecule has 7 heteroatoms. The van der Waals surface area contributed by atoms with Gasteiger partial charge in [0.15, 0.2) is 5.78 Å². The molecular formula is C13H10N2O4S. The van der Waals surface area contributed by atoms with Crippen LogP contribution >= 0.6 is 11.5 Å². The Hall–Kier alpha value is -2.28. The number of aromatic carboxylic acids is 1. The number of rotatable bonds is 2. The largest absolute Gasteiger partial charge is 0.475 e. The number of carboxylic acid groups (broad SMARTS) is 1. The van der Waals surface area contributed by atoms with Crippen molar-refractivity contribution < 1.29 is 19.1 Å². The second-order valence-corrected chi connectivity index (χ2v) is 5.10. The molecule has 0 radical (unpaired) electrons. The smallest absolute Gasteiger partial charge is 0.372 e. The molecule has 3 rings (SSSR count). The molecule has 2 aromatic heterocycles. The molecule has 0 unspecified atom stereocenters. The Kier molecular flexibility index (Phi) is 2.98. The maximum atomic E-state index is 12.4. The molecule has 2 aromatic rings. The van der Waals surface area contributed by atoms with Crippen molar-refractivity contribution in [3.8, 4) is 0 Å². The predicted molar refractivity (Wildman–Crippen MR) is 70.9 cm³/mol. The molecule has 0 saturated carbocycles. The van der Waals surface area contributed by atoms with Crippen LogP contribution in [0.25, 0.3) is 6.08 Å². The highest BCUT2D eigenvalue weighted by atomic mass is 32.1. The third kappa shape index (κ3) is 1.96. The molecule has 0 fully saturated rings. The Bertz CT molecular complexity index is 728. The summed E-state index contributed by atoms with van der Waals surface area (Å²) in [6, 6.07) is 0. The van der Waals surface area contributed by atoms with Crippen LogP contribution in [-0.2, 0) is 6.42 Å². The van der Waals surface area contributed by atoms with Crippen molar-refractivity contribution in [3.05, 3.63) is 39.3 Å². The number of carbonyl (C=O) groups excluding carboxylic acids is 1. The van der Waals surface area contributed by atoms with Crippen LogP contribution in [0.5, 0.6) is 0 Å². The van der Waals surface area contributed by atoms with Gasteiger partial charge in [0.25, 0.3) is 0 Å². The number of furan rings is 1. The van der Waals surface area contributed by atoms with E-state index in [0.29, 0.717) is 41.0 Å². The van der Waals surface area contributed by atoms with Gasteiger partial charge in [0.2, 0.25) is 5.76 Å². The number of hydrogen-bond acceptors (Lipinski definition) is 6. The van der Waals surface area contributed by atoms with Crippen LogP contribution in [-0.4, -0.2) is 26.4 Å². The molecule has 1 aliphatic carbocycles. The fourth-order valence-electron chi connectivity index (χ4n) is 2.32. The average Bonchev–Trinajstić information content (AvgIpc) is 3.01. The van der Waals surface area contributed by atoms with E-state index in [1.165, 1.54) is 11.5 Å². The molecule has 102 valence electrons. The highest BCUT2D eigenvalue weighted by Gasteiger charge is 2.31. The van der Waals surface area contributed by atoms with E-state index in [9.17, 15) is 9.59 Å². The Morgan fingerprint density at radius 2 is 2.30 bits per heavy atom. The lowest BCUT2D eigenvalue weighted by Crippen LogP contribution is -2.13. The lowest BCUT2D eigenvalue weighted by atomic mass is 9.89. The van der Waals surface area contributed by atoms with E-state index in [4.69, 9.17) is 9.52 Å². The first-order valence-electron chi connectivity index (χ1n) is 5.96. The van der Waals surface area contributed by atoms with Crippen LogP contribution in [0.1, 0.15) is 44.4 Å². The first-order chi connectivity index (χ1) is 9.58. The quantitative estimate of drug-likeness (QED) is 0.853. The number of aromatic nitrogens is 2.